The SMILES string of the molecule is CCC[CH2][Sn]([CH2]CCC)([CH2]CCC)[c]1cccc(-c2ccc3c(cnn3C)c2)n1. The van der Waals surface area contributed by atoms with Gasteiger partial charge in [0.1, 0.15) is 0 Å². The molecular weight excluding hydrogens is 461 g/mol. The molecule has 0 radical (unpaired) electrons. The van der Waals surface area contributed by atoms with Gasteiger partial charge in [0.05, 0.1) is 0 Å². The van der Waals surface area contributed by atoms with Gasteiger partial charge < -0.3 is 0 Å². The van der Waals surface area contributed by atoms with Crippen molar-refractivity contribution in [3.05, 3.63) is 42.6 Å². The van der Waals surface area contributed by atoms with Crippen LogP contribution in [0, 0.1) is 0 Å². The van der Waals surface area contributed by atoms with Gasteiger partial charge in [0, 0.05) is 0 Å². The van der Waals surface area contributed by atoms with Crippen molar-refractivity contribution in [2.75, 3.05) is 0 Å². The van der Waals surface area contributed by atoms with E-state index in [0.29, 0.717) is 0 Å². The molecule has 0 atom stereocenters. The van der Waals surface area contributed by atoms with Crippen LogP contribution >= 0.6 is 0 Å². The fourth-order valence-corrected chi connectivity index (χ4v) is 20.0. The van der Waals surface area contributed by atoms with E-state index in [-0.39, 0.29) is 0 Å². The summed E-state index contributed by atoms with van der Waals surface area (Å²) >= 11 is -2.49. The Hall–Kier alpha value is -1.36. The van der Waals surface area contributed by atoms with E-state index in [0.717, 1.165) is 5.69 Å². The molecule has 2 aromatic heterocycles. The Balaban J connectivity index is 2.00. The fourth-order valence-electron chi connectivity index (χ4n) is 4.52. The van der Waals surface area contributed by atoms with Crippen LogP contribution in [0.1, 0.15) is 59.3 Å². The van der Waals surface area contributed by atoms with Gasteiger partial charge in [-0.3, -0.25) is 0 Å². The van der Waals surface area contributed by atoms with E-state index in [4.69, 9.17) is 4.98 Å². The molecule has 3 rings (SSSR count). The molecule has 3 aromatic rings. The van der Waals surface area contributed by atoms with Crippen molar-refractivity contribution < 1.29 is 0 Å². The minimum absolute atomic E-state index is 1.14. The number of nitrogens with zero attached hydrogens (tertiary/aromatic N) is 3. The van der Waals surface area contributed by atoms with Crippen LogP contribution in [0.3, 0.4) is 0 Å². The Morgan fingerprint density at radius 1 is 0.862 bits per heavy atom. The van der Waals surface area contributed by atoms with Gasteiger partial charge in [-0.2, -0.15) is 0 Å². The first-order valence-electron chi connectivity index (χ1n) is 11.5. The van der Waals surface area contributed by atoms with Crippen LogP contribution in [-0.4, -0.2) is 33.1 Å². The first kappa shape index (κ1) is 22.3. The topological polar surface area (TPSA) is 30.7 Å². The van der Waals surface area contributed by atoms with Gasteiger partial charge >= 0.3 is 181 Å². The van der Waals surface area contributed by atoms with Gasteiger partial charge in [0.15, 0.2) is 0 Å². The zero-order valence-electron chi connectivity index (χ0n) is 18.7. The van der Waals surface area contributed by atoms with Crippen LogP contribution in [0.25, 0.3) is 22.2 Å². The van der Waals surface area contributed by atoms with Crippen molar-refractivity contribution in [3.63, 3.8) is 0 Å². The van der Waals surface area contributed by atoms with Crippen LogP contribution in [0.2, 0.25) is 13.3 Å². The fraction of sp³-hybridized carbons (Fsp3) is 0.520. The summed E-state index contributed by atoms with van der Waals surface area (Å²) in [4.78, 5) is 5.35. The molecule has 3 nitrogen and oxygen atoms in total. The van der Waals surface area contributed by atoms with Crippen LogP contribution < -0.4 is 3.71 Å². The number of aromatic nitrogens is 3. The van der Waals surface area contributed by atoms with Crippen LogP contribution in [0.4, 0.5) is 0 Å². The molecule has 2 heterocycles. The normalized spacial score (nSPS) is 12.0. The van der Waals surface area contributed by atoms with Crippen LogP contribution in [-0.2, 0) is 7.05 Å². The van der Waals surface area contributed by atoms with Gasteiger partial charge in [-0.15, -0.1) is 0 Å². The summed E-state index contributed by atoms with van der Waals surface area (Å²) in [6, 6.07) is 13.5. The van der Waals surface area contributed by atoms with E-state index >= 15 is 0 Å². The zero-order valence-corrected chi connectivity index (χ0v) is 21.6. The second-order valence-electron chi connectivity index (χ2n) is 8.54. The van der Waals surface area contributed by atoms with Crippen molar-refractivity contribution in [1.29, 1.82) is 0 Å². The molecule has 0 aliphatic rings. The summed E-state index contributed by atoms with van der Waals surface area (Å²) in [5, 5.41) is 5.58. The van der Waals surface area contributed by atoms with Crippen LogP contribution in [0.15, 0.2) is 42.6 Å². The summed E-state index contributed by atoms with van der Waals surface area (Å²) in [5.74, 6) is 0. The number of unbranched alkanes of at least 4 members (excludes halogenated alkanes) is 3. The van der Waals surface area contributed by atoms with Gasteiger partial charge in [0.25, 0.3) is 0 Å². The molecule has 0 N–H and O–H groups in total. The molecule has 4 heteroatoms. The van der Waals surface area contributed by atoms with Gasteiger partial charge in [-0.25, -0.2) is 0 Å². The Kier molecular flexibility index (Phi) is 8.16. The van der Waals surface area contributed by atoms with Crippen molar-refractivity contribution in [2.45, 2.75) is 72.6 Å². The standard InChI is InChI=1S/C13H10N3.3C4H9.Sn/c1-16-13-6-5-10(8-11(13)9-15-16)12-4-2-3-7-14-12;3*1-3-4-2;/h2-6,8-9H,1H3;3*1,3-4H2,2H3;. The Labute approximate surface area is 180 Å². The number of pyridine rings is 1. The predicted octanol–water partition coefficient (Wildman–Crippen LogP) is 6.69. The molecule has 0 unspecified atom stereocenters. The second kappa shape index (κ2) is 10.6. The quantitative estimate of drug-likeness (QED) is 0.276. The predicted molar refractivity (Wildman–Crippen MR) is 128 cm³/mol. The van der Waals surface area contributed by atoms with E-state index in [1.807, 2.05) is 17.9 Å². The molecule has 1 aromatic carbocycles. The molecule has 0 saturated carbocycles. The minimum atomic E-state index is -2.49. The maximum absolute atomic E-state index is 5.35. The number of benzene rings is 1. The molecule has 0 amide bonds. The van der Waals surface area contributed by atoms with Crippen LogP contribution in [0.5, 0.6) is 0 Å². The molecule has 0 fully saturated rings. The monoisotopic (exact) mass is 499 g/mol. The molecule has 0 saturated heterocycles. The van der Waals surface area contributed by atoms with Crippen molar-refractivity contribution in [1.82, 2.24) is 14.8 Å². The summed E-state index contributed by atoms with van der Waals surface area (Å²) < 4.78 is 7.83. The number of fused-ring (bicyclic) bond motifs is 1. The maximum atomic E-state index is 5.35. The van der Waals surface area contributed by atoms with E-state index in [1.54, 1.807) is 0 Å². The van der Waals surface area contributed by atoms with E-state index in [1.165, 1.54) is 72.0 Å². The summed E-state index contributed by atoms with van der Waals surface area (Å²) in [6.07, 6.45) is 9.97. The Morgan fingerprint density at radius 3 is 2.14 bits per heavy atom. The molecule has 29 heavy (non-hydrogen) atoms. The Morgan fingerprint density at radius 2 is 1.52 bits per heavy atom. The average molecular weight is 498 g/mol. The van der Waals surface area contributed by atoms with Gasteiger partial charge in [0.2, 0.25) is 0 Å². The second-order valence-corrected chi connectivity index (χ2v) is 21.6. The summed E-state index contributed by atoms with van der Waals surface area (Å²) in [5.41, 5.74) is 3.53. The number of aryl methyl sites for hydroxylation is 1. The molecule has 0 aliphatic heterocycles. The third kappa shape index (κ3) is 5.22. The van der Waals surface area contributed by atoms with E-state index in [2.05, 4.69) is 62.3 Å². The average Bonchev–Trinajstić information content (AvgIpc) is 3.14. The number of rotatable bonds is 11. The molecular formula is C25H37N3Sn. The number of hydrogen-bond acceptors (Lipinski definition) is 2. The van der Waals surface area contributed by atoms with Crippen molar-refractivity contribution >= 4 is 33.0 Å². The third-order valence-corrected chi connectivity index (χ3v) is 21.5. The zero-order chi connectivity index (χ0) is 20.7. The Bertz CT molecular complexity index is 894. The molecule has 0 aliphatic carbocycles. The first-order valence-corrected chi connectivity index (χ1v) is 19.0. The van der Waals surface area contributed by atoms with E-state index < -0.39 is 18.4 Å². The molecule has 0 bridgehead atoms. The summed E-state index contributed by atoms with van der Waals surface area (Å²) in [6.45, 7) is 7.01. The molecule has 156 valence electrons. The van der Waals surface area contributed by atoms with E-state index in [9.17, 15) is 0 Å². The van der Waals surface area contributed by atoms with Gasteiger partial charge in [-0.1, -0.05) is 0 Å². The summed E-state index contributed by atoms with van der Waals surface area (Å²) in [7, 11) is 2.00. The first-order chi connectivity index (χ1) is 14.1. The molecule has 0 spiro atoms. The number of hydrogen-bond donors (Lipinski definition) is 0. The van der Waals surface area contributed by atoms with Crippen molar-refractivity contribution in [2.24, 2.45) is 7.05 Å². The third-order valence-electron chi connectivity index (χ3n) is 6.36. The van der Waals surface area contributed by atoms with Gasteiger partial charge in [-0.05, 0) is 0 Å². The van der Waals surface area contributed by atoms with Crippen molar-refractivity contribution in [3.8, 4) is 11.3 Å².